The molecule has 1 aliphatic heterocycles. The van der Waals surface area contributed by atoms with Gasteiger partial charge in [0.2, 0.25) is 0 Å². The molecule has 1 aromatic rings. The lowest BCUT2D eigenvalue weighted by Gasteiger charge is -2.14. The van der Waals surface area contributed by atoms with E-state index in [1.165, 1.54) is 24.8 Å². The topological polar surface area (TPSA) is 57.2 Å². The van der Waals surface area contributed by atoms with Crippen molar-refractivity contribution in [3.63, 3.8) is 0 Å². The third kappa shape index (κ3) is 4.27. The van der Waals surface area contributed by atoms with Crippen LogP contribution in [0.3, 0.4) is 0 Å². The number of aliphatic hydroxyl groups is 1. The number of pyridine rings is 1. The largest absolute Gasteiger partial charge is 0.395 e. The van der Waals surface area contributed by atoms with Crippen molar-refractivity contribution in [1.29, 1.82) is 0 Å². The molecule has 4 nitrogen and oxygen atoms in total. The molecular weight excluding hydrogens is 226 g/mol. The molecule has 0 saturated carbocycles. The number of aliphatic hydroxyl groups excluding tert-OH is 1. The van der Waals surface area contributed by atoms with E-state index < -0.39 is 0 Å². The zero-order valence-electron chi connectivity index (χ0n) is 10.9. The van der Waals surface area contributed by atoms with E-state index in [1.807, 2.05) is 12.4 Å². The summed E-state index contributed by atoms with van der Waals surface area (Å²) in [7, 11) is 0. The van der Waals surface area contributed by atoms with Gasteiger partial charge in [-0.15, -0.1) is 0 Å². The Morgan fingerprint density at radius 1 is 1.33 bits per heavy atom. The van der Waals surface area contributed by atoms with Gasteiger partial charge in [0, 0.05) is 18.9 Å². The molecule has 1 saturated heterocycles. The lowest BCUT2D eigenvalue weighted by molar-refractivity contribution is 0.311. The van der Waals surface area contributed by atoms with Gasteiger partial charge in [0.25, 0.3) is 0 Å². The first-order valence-corrected chi connectivity index (χ1v) is 6.88. The lowest BCUT2D eigenvalue weighted by Crippen LogP contribution is -2.14. The molecule has 1 unspecified atom stereocenters. The normalized spacial score (nSPS) is 20.4. The van der Waals surface area contributed by atoms with Crippen LogP contribution in [-0.4, -0.2) is 36.3 Å². The molecule has 1 aliphatic rings. The van der Waals surface area contributed by atoms with E-state index in [9.17, 15) is 0 Å². The minimum atomic E-state index is 0.151. The van der Waals surface area contributed by atoms with Crippen LogP contribution in [0.1, 0.15) is 24.8 Å². The van der Waals surface area contributed by atoms with Crippen molar-refractivity contribution in [2.24, 2.45) is 5.92 Å². The van der Waals surface area contributed by atoms with E-state index >= 15 is 0 Å². The molecule has 0 amide bonds. The van der Waals surface area contributed by atoms with Gasteiger partial charge >= 0.3 is 0 Å². The van der Waals surface area contributed by atoms with Crippen LogP contribution in [0.4, 0.5) is 5.69 Å². The average molecular weight is 249 g/mol. The number of anilines is 1. The monoisotopic (exact) mass is 249 g/mol. The Balaban J connectivity index is 1.91. The fourth-order valence-electron chi connectivity index (χ4n) is 2.52. The highest BCUT2D eigenvalue weighted by atomic mass is 16.3. The van der Waals surface area contributed by atoms with Crippen molar-refractivity contribution in [1.82, 2.24) is 10.3 Å². The van der Waals surface area contributed by atoms with Crippen molar-refractivity contribution in [3.8, 4) is 0 Å². The summed E-state index contributed by atoms with van der Waals surface area (Å²) < 4.78 is 0. The Morgan fingerprint density at radius 3 is 3.17 bits per heavy atom. The predicted octanol–water partition coefficient (Wildman–Crippen LogP) is 1.42. The van der Waals surface area contributed by atoms with Crippen molar-refractivity contribution >= 4 is 5.69 Å². The maximum Gasteiger partial charge on any atom is 0.0604 e. The van der Waals surface area contributed by atoms with Gasteiger partial charge in [0.1, 0.15) is 0 Å². The van der Waals surface area contributed by atoms with Gasteiger partial charge in [-0.1, -0.05) is 0 Å². The smallest absolute Gasteiger partial charge is 0.0604 e. The zero-order valence-corrected chi connectivity index (χ0v) is 10.9. The summed E-state index contributed by atoms with van der Waals surface area (Å²) in [5.41, 5.74) is 2.30. The second-order valence-corrected chi connectivity index (χ2v) is 4.98. The fourth-order valence-corrected chi connectivity index (χ4v) is 2.52. The summed E-state index contributed by atoms with van der Waals surface area (Å²) in [5, 5.41) is 15.4. The lowest BCUT2D eigenvalue weighted by atomic mass is 9.93. The van der Waals surface area contributed by atoms with Crippen LogP contribution in [0, 0.1) is 5.92 Å². The number of rotatable bonds is 5. The Bertz CT molecular complexity index is 349. The number of nitrogens with zero attached hydrogens (tertiary/aromatic N) is 1. The van der Waals surface area contributed by atoms with Gasteiger partial charge < -0.3 is 15.7 Å². The maximum absolute atomic E-state index is 8.80. The minimum Gasteiger partial charge on any atom is -0.395 e. The van der Waals surface area contributed by atoms with Gasteiger partial charge in [0.15, 0.2) is 0 Å². The van der Waals surface area contributed by atoms with Crippen LogP contribution in [0.2, 0.25) is 0 Å². The van der Waals surface area contributed by atoms with Crippen LogP contribution in [-0.2, 0) is 6.42 Å². The molecule has 1 fully saturated rings. The molecule has 100 valence electrons. The first-order valence-electron chi connectivity index (χ1n) is 6.88. The summed E-state index contributed by atoms with van der Waals surface area (Å²) in [6.07, 6.45) is 8.73. The maximum atomic E-state index is 8.80. The summed E-state index contributed by atoms with van der Waals surface area (Å²) in [6.45, 7) is 3.03. The third-order valence-electron chi connectivity index (χ3n) is 3.46. The molecule has 0 bridgehead atoms. The van der Waals surface area contributed by atoms with E-state index in [-0.39, 0.29) is 6.61 Å². The summed E-state index contributed by atoms with van der Waals surface area (Å²) >= 11 is 0. The van der Waals surface area contributed by atoms with Gasteiger partial charge in [-0.05, 0) is 56.3 Å². The molecule has 2 heterocycles. The first-order chi connectivity index (χ1) is 8.88. The van der Waals surface area contributed by atoms with Gasteiger partial charge in [0.05, 0.1) is 12.3 Å². The van der Waals surface area contributed by atoms with Crippen molar-refractivity contribution in [3.05, 3.63) is 24.0 Å². The molecule has 0 aromatic carbocycles. The number of nitrogens with one attached hydrogen (secondary N) is 2. The second kappa shape index (κ2) is 7.34. The van der Waals surface area contributed by atoms with Gasteiger partial charge in [-0.25, -0.2) is 0 Å². The van der Waals surface area contributed by atoms with E-state index in [4.69, 9.17) is 5.11 Å². The van der Waals surface area contributed by atoms with E-state index in [1.54, 1.807) is 0 Å². The molecular formula is C14H23N3O. The second-order valence-electron chi connectivity index (χ2n) is 4.98. The Morgan fingerprint density at radius 2 is 2.28 bits per heavy atom. The summed E-state index contributed by atoms with van der Waals surface area (Å²) in [6, 6.07) is 2.15. The number of aromatic nitrogens is 1. The summed E-state index contributed by atoms with van der Waals surface area (Å²) in [5.74, 6) is 0.773. The van der Waals surface area contributed by atoms with Crippen LogP contribution < -0.4 is 10.6 Å². The van der Waals surface area contributed by atoms with E-state index in [0.29, 0.717) is 6.54 Å². The number of hydrogen-bond donors (Lipinski definition) is 3. The average Bonchev–Trinajstić information content (AvgIpc) is 2.65. The van der Waals surface area contributed by atoms with Crippen LogP contribution in [0.15, 0.2) is 18.5 Å². The molecule has 0 aliphatic carbocycles. The minimum absolute atomic E-state index is 0.151. The Hall–Kier alpha value is -1.13. The zero-order chi connectivity index (χ0) is 12.6. The number of hydrogen-bond acceptors (Lipinski definition) is 4. The van der Waals surface area contributed by atoms with Crippen LogP contribution in [0.5, 0.6) is 0 Å². The Labute approximate surface area is 109 Å². The Kier molecular flexibility index (Phi) is 5.42. The third-order valence-corrected chi connectivity index (χ3v) is 3.46. The van der Waals surface area contributed by atoms with Crippen molar-refractivity contribution in [2.45, 2.75) is 25.7 Å². The summed E-state index contributed by atoms with van der Waals surface area (Å²) in [4.78, 5) is 4.27. The highest BCUT2D eigenvalue weighted by Gasteiger charge is 2.12. The van der Waals surface area contributed by atoms with Gasteiger partial charge in [-0.2, -0.15) is 0 Å². The first kappa shape index (κ1) is 13.3. The van der Waals surface area contributed by atoms with Crippen LogP contribution in [0.25, 0.3) is 0 Å². The SMILES string of the molecule is OCCNc1cncc(CC2CCCNCC2)c1. The molecule has 0 radical (unpaired) electrons. The van der Waals surface area contributed by atoms with Crippen molar-refractivity contribution < 1.29 is 5.11 Å². The van der Waals surface area contributed by atoms with E-state index in [2.05, 4.69) is 21.7 Å². The molecule has 18 heavy (non-hydrogen) atoms. The predicted molar refractivity (Wildman–Crippen MR) is 73.7 cm³/mol. The van der Waals surface area contributed by atoms with Gasteiger partial charge in [-0.3, -0.25) is 4.98 Å². The molecule has 4 heteroatoms. The van der Waals surface area contributed by atoms with Crippen molar-refractivity contribution in [2.75, 3.05) is 31.6 Å². The molecule has 2 rings (SSSR count). The quantitative estimate of drug-likeness (QED) is 0.738. The van der Waals surface area contributed by atoms with Crippen LogP contribution >= 0.6 is 0 Å². The standard InChI is InChI=1S/C14H23N3O/c18-7-6-17-14-9-13(10-16-11-14)8-12-2-1-4-15-5-3-12/h9-12,15,17-18H,1-8H2. The highest BCUT2D eigenvalue weighted by molar-refractivity contribution is 5.42. The molecule has 1 atom stereocenters. The molecule has 3 N–H and O–H groups in total. The molecule has 1 aromatic heterocycles. The highest BCUT2D eigenvalue weighted by Crippen LogP contribution is 2.20. The van der Waals surface area contributed by atoms with E-state index in [0.717, 1.165) is 31.1 Å². The molecule has 0 spiro atoms. The fraction of sp³-hybridized carbons (Fsp3) is 0.643.